The molecule has 1 aliphatic rings. The first-order valence-corrected chi connectivity index (χ1v) is 6.81. The fourth-order valence-electron chi connectivity index (χ4n) is 2.50. The van der Waals surface area contributed by atoms with Crippen molar-refractivity contribution in [3.05, 3.63) is 35.1 Å². The lowest BCUT2D eigenvalue weighted by atomic mass is 9.68. The van der Waals surface area contributed by atoms with E-state index in [1.165, 1.54) is 6.07 Å². The first kappa shape index (κ1) is 14.0. The highest BCUT2D eigenvalue weighted by molar-refractivity contribution is 5.83. The van der Waals surface area contributed by atoms with Gasteiger partial charge in [0.1, 0.15) is 5.82 Å². The van der Waals surface area contributed by atoms with Gasteiger partial charge in [0.05, 0.1) is 5.41 Å². The van der Waals surface area contributed by atoms with Crippen LogP contribution in [0.3, 0.4) is 0 Å². The molecule has 3 N–H and O–H groups in total. The van der Waals surface area contributed by atoms with E-state index in [0.29, 0.717) is 25.1 Å². The van der Waals surface area contributed by atoms with Crippen LogP contribution >= 0.6 is 0 Å². The second-order valence-corrected chi connectivity index (χ2v) is 5.43. The van der Waals surface area contributed by atoms with Gasteiger partial charge in [0.2, 0.25) is 5.91 Å². The highest BCUT2D eigenvalue weighted by Gasteiger charge is 2.42. The molecular formula is C15H21FN2O. The van der Waals surface area contributed by atoms with Gasteiger partial charge in [-0.15, -0.1) is 0 Å². The summed E-state index contributed by atoms with van der Waals surface area (Å²) in [5, 5.41) is 2.95. The van der Waals surface area contributed by atoms with Crippen molar-refractivity contribution in [2.24, 2.45) is 11.1 Å². The van der Waals surface area contributed by atoms with Gasteiger partial charge in [-0.3, -0.25) is 4.79 Å². The van der Waals surface area contributed by atoms with Gasteiger partial charge in [-0.05, 0) is 43.4 Å². The number of aryl methyl sites for hydroxylation is 1. The summed E-state index contributed by atoms with van der Waals surface area (Å²) in [6, 6.07) is 5.06. The number of carbonyl (C=O) groups excluding carboxylic acids is 1. The molecule has 104 valence electrons. The summed E-state index contributed by atoms with van der Waals surface area (Å²) in [5.74, 6) is -0.121. The van der Waals surface area contributed by atoms with Gasteiger partial charge in [0.25, 0.3) is 0 Å². The predicted octanol–water partition coefficient (Wildman–Crippen LogP) is 1.92. The van der Waals surface area contributed by atoms with E-state index in [4.69, 9.17) is 5.73 Å². The molecule has 0 aliphatic heterocycles. The third kappa shape index (κ3) is 2.95. The molecule has 3 nitrogen and oxygen atoms in total. The normalized spacial score (nSPS) is 16.8. The smallest absolute Gasteiger partial charge is 0.227 e. The van der Waals surface area contributed by atoms with Crippen LogP contribution in [0.25, 0.3) is 0 Å². The molecule has 0 spiro atoms. The Hall–Kier alpha value is -1.42. The van der Waals surface area contributed by atoms with Crippen LogP contribution in [0.2, 0.25) is 0 Å². The molecule has 0 atom stereocenters. The van der Waals surface area contributed by atoms with Gasteiger partial charge in [-0.2, -0.15) is 0 Å². The zero-order chi connectivity index (χ0) is 13.9. The standard InChI is InChI=1S/C15H21FN2O/c1-11-9-12(3-4-13(11)16)5-8-18-14(19)15(10-17)6-2-7-15/h3-4,9H,2,5-8,10,17H2,1H3,(H,18,19). The van der Waals surface area contributed by atoms with E-state index in [0.717, 1.165) is 24.8 Å². The molecule has 1 aromatic rings. The van der Waals surface area contributed by atoms with Crippen LogP contribution in [0.1, 0.15) is 30.4 Å². The summed E-state index contributed by atoms with van der Waals surface area (Å²) in [4.78, 5) is 12.0. The molecule has 0 unspecified atom stereocenters. The maximum Gasteiger partial charge on any atom is 0.227 e. The third-order valence-electron chi connectivity index (χ3n) is 4.10. The first-order valence-electron chi connectivity index (χ1n) is 6.81. The van der Waals surface area contributed by atoms with Gasteiger partial charge < -0.3 is 11.1 Å². The van der Waals surface area contributed by atoms with E-state index in [9.17, 15) is 9.18 Å². The van der Waals surface area contributed by atoms with E-state index in [1.54, 1.807) is 13.0 Å². The highest BCUT2D eigenvalue weighted by atomic mass is 19.1. The number of halogens is 1. The van der Waals surface area contributed by atoms with Crippen molar-refractivity contribution in [3.63, 3.8) is 0 Å². The molecule has 0 radical (unpaired) electrons. The molecular weight excluding hydrogens is 243 g/mol. The fraction of sp³-hybridized carbons (Fsp3) is 0.533. The maximum atomic E-state index is 13.1. The Balaban J connectivity index is 1.83. The van der Waals surface area contributed by atoms with E-state index >= 15 is 0 Å². The Morgan fingerprint density at radius 2 is 2.21 bits per heavy atom. The van der Waals surface area contributed by atoms with Crippen molar-refractivity contribution in [2.45, 2.75) is 32.6 Å². The number of amides is 1. The Bertz CT molecular complexity index is 464. The molecule has 1 aromatic carbocycles. The van der Waals surface area contributed by atoms with Crippen LogP contribution in [0.4, 0.5) is 4.39 Å². The average Bonchev–Trinajstić information content (AvgIpc) is 2.33. The van der Waals surface area contributed by atoms with Gasteiger partial charge in [-0.1, -0.05) is 18.6 Å². The predicted molar refractivity (Wildman–Crippen MR) is 73.2 cm³/mol. The zero-order valence-corrected chi connectivity index (χ0v) is 11.3. The van der Waals surface area contributed by atoms with Crippen molar-refractivity contribution in [3.8, 4) is 0 Å². The summed E-state index contributed by atoms with van der Waals surface area (Å²) in [6.45, 7) is 2.75. The van der Waals surface area contributed by atoms with E-state index < -0.39 is 0 Å². The Kier molecular flexibility index (Phi) is 4.20. The molecule has 2 rings (SSSR count). The van der Waals surface area contributed by atoms with Crippen molar-refractivity contribution >= 4 is 5.91 Å². The van der Waals surface area contributed by atoms with E-state index in [-0.39, 0.29) is 17.1 Å². The third-order valence-corrected chi connectivity index (χ3v) is 4.10. The fourth-order valence-corrected chi connectivity index (χ4v) is 2.50. The van der Waals surface area contributed by atoms with Gasteiger partial charge >= 0.3 is 0 Å². The number of nitrogens with two attached hydrogens (primary N) is 1. The number of rotatable bonds is 5. The highest BCUT2D eigenvalue weighted by Crippen LogP contribution is 2.39. The van der Waals surface area contributed by atoms with Gasteiger partial charge in [-0.25, -0.2) is 4.39 Å². The SMILES string of the molecule is Cc1cc(CCNC(=O)C2(CN)CCC2)ccc1F. The maximum absolute atomic E-state index is 13.1. The lowest BCUT2D eigenvalue weighted by molar-refractivity contribution is -0.135. The summed E-state index contributed by atoms with van der Waals surface area (Å²) < 4.78 is 13.1. The minimum Gasteiger partial charge on any atom is -0.355 e. The quantitative estimate of drug-likeness (QED) is 0.853. The van der Waals surface area contributed by atoms with Gasteiger partial charge in [0.15, 0.2) is 0 Å². The second kappa shape index (κ2) is 5.70. The lowest BCUT2D eigenvalue weighted by Gasteiger charge is -2.39. The van der Waals surface area contributed by atoms with Crippen molar-refractivity contribution in [1.82, 2.24) is 5.32 Å². The molecule has 0 saturated heterocycles. The molecule has 1 amide bonds. The molecule has 0 bridgehead atoms. The summed E-state index contributed by atoms with van der Waals surface area (Å²) in [5.41, 5.74) is 7.04. The molecule has 4 heteroatoms. The number of benzene rings is 1. The number of nitrogens with one attached hydrogen (secondary N) is 1. The summed E-state index contributed by atoms with van der Waals surface area (Å²) in [6.07, 6.45) is 3.59. The molecule has 1 saturated carbocycles. The minimum absolute atomic E-state index is 0.0695. The number of hydrogen-bond donors (Lipinski definition) is 2. The molecule has 1 aliphatic carbocycles. The van der Waals surface area contributed by atoms with Crippen molar-refractivity contribution in [1.29, 1.82) is 0 Å². The van der Waals surface area contributed by atoms with E-state index in [1.807, 2.05) is 6.07 Å². The number of hydrogen-bond acceptors (Lipinski definition) is 2. The molecule has 0 heterocycles. The van der Waals surface area contributed by atoms with Crippen molar-refractivity contribution in [2.75, 3.05) is 13.1 Å². The number of carbonyl (C=O) groups is 1. The Labute approximate surface area is 113 Å². The van der Waals surface area contributed by atoms with Crippen LogP contribution in [0.5, 0.6) is 0 Å². The average molecular weight is 264 g/mol. The minimum atomic E-state index is -0.321. The topological polar surface area (TPSA) is 55.1 Å². The largest absolute Gasteiger partial charge is 0.355 e. The van der Waals surface area contributed by atoms with Crippen LogP contribution < -0.4 is 11.1 Å². The second-order valence-electron chi connectivity index (χ2n) is 5.43. The van der Waals surface area contributed by atoms with Crippen LogP contribution in [-0.4, -0.2) is 19.0 Å². The van der Waals surface area contributed by atoms with Crippen molar-refractivity contribution < 1.29 is 9.18 Å². The van der Waals surface area contributed by atoms with Crippen LogP contribution in [0.15, 0.2) is 18.2 Å². The van der Waals surface area contributed by atoms with Crippen LogP contribution in [-0.2, 0) is 11.2 Å². The van der Waals surface area contributed by atoms with Crippen LogP contribution in [0, 0.1) is 18.2 Å². The monoisotopic (exact) mass is 264 g/mol. The molecule has 19 heavy (non-hydrogen) atoms. The molecule has 1 fully saturated rings. The lowest BCUT2D eigenvalue weighted by Crippen LogP contribution is -2.50. The zero-order valence-electron chi connectivity index (χ0n) is 11.3. The van der Waals surface area contributed by atoms with Gasteiger partial charge in [0, 0.05) is 13.1 Å². The first-order chi connectivity index (χ1) is 9.07. The Morgan fingerprint density at radius 3 is 2.74 bits per heavy atom. The molecule has 0 aromatic heterocycles. The summed E-state index contributed by atoms with van der Waals surface area (Å²) >= 11 is 0. The Morgan fingerprint density at radius 1 is 1.47 bits per heavy atom. The van der Waals surface area contributed by atoms with E-state index in [2.05, 4.69) is 5.32 Å². The summed E-state index contributed by atoms with van der Waals surface area (Å²) in [7, 11) is 0.